The Kier molecular flexibility index (Phi) is 9.22. The number of aromatic nitrogens is 1. The van der Waals surface area contributed by atoms with Crippen molar-refractivity contribution in [2.24, 2.45) is 0 Å². The molecular formula is C29H36FNO3. The molecule has 1 heterocycles. The van der Waals surface area contributed by atoms with Gasteiger partial charge in [-0.2, -0.15) is 0 Å². The fraction of sp³-hybridized carbons (Fsp3) is 0.379. The lowest BCUT2D eigenvalue weighted by atomic mass is 9.94. The molecule has 34 heavy (non-hydrogen) atoms. The van der Waals surface area contributed by atoms with E-state index in [1.807, 2.05) is 24.3 Å². The minimum atomic E-state index is -0.850. The second-order valence-electron chi connectivity index (χ2n) is 9.03. The van der Waals surface area contributed by atoms with Crippen molar-refractivity contribution in [2.45, 2.75) is 64.7 Å². The predicted molar refractivity (Wildman–Crippen MR) is 137 cm³/mol. The zero-order valence-electron chi connectivity index (χ0n) is 20.3. The van der Waals surface area contributed by atoms with Gasteiger partial charge in [0.2, 0.25) is 0 Å². The maximum absolute atomic E-state index is 13.8. The van der Waals surface area contributed by atoms with Gasteiger partial charge in [-0.05, 0) is 42.0 Å². The Morgan fingerprint density at radius 2 is 1.65 bits per heavy atom. The summed E-state index contributed by atoms with van der Waals surface area (Å²) in [7, 11) is 0. The van der Waals surface area contributed by atoms with E-state index in [4.69, 9.17) is 5.11 Å². The summed E-state index contributed by atoms with van der Waals surface area (Å²) in [6.45, 7) is 7.17. The molecule has 1 aromatic heterocycles. The average Bonchev–Trinajstić information content (AvgIpc) is 3.13. The summed E-state index contributed by atoms with van der Waals surface area (Å²) < 4.78 is 16.2. The van der Waals surface area contributed by atoms with Gasteiger partial charge in [0.1, 0.15) is 5.82 Å². The number of halogens is 1. The molecule has 0 aliphatic heterocycles. The van der Waals surface area contributed by atoms with E-state index < -0.39 is 12.2 Å². The van der Waals surface area contributed by atoms with E-state index in [9.17, 15) is 14.6 Å². The van der Waals surface area contributed by atoms with Gasteiger partial charge in [-0.1, -0.05) is 75.4 Å². The lowest BCUT2D eigenvalue weighted by Gasteiger charge is -2.16. The Balaban J connectivity index is 2.25. The maximum atomic E-state index is 13.8. The molecule has 3 rings (SSSR count). The van der Waals surface area contributed by atoms with E-state index in [0.29, 0.717) is 0 Å². The third-order valence-electron chi connectivity index (χ3n) is 5.98. The van der Waals surface area contributed by atoms with Crippen LogP contribution in [0.1, 0.15) is 57.2 Å². The summed E-state index contributed by atoms with van der Waals surface area (Å²) in [5, 5.41) is 29.6. The highest BCUT2D eigenvalue weighted by atomic mass is 19.1. The molecule has 0 amide bonds. The average molecular weight is 466 g/mol. The number of aliphatic hydroxyl groups is 3. The monoisotopic (exact) mass is 465 g/mol. The van der Waals surface area contributed by atoms with Crippen LogP contribution in [0.3, 0.4) is 0 Å². The van der Waals surface area contributed by atoms with Crippen molar-refractivity contribution in [1.82, 2.24) is 4.57 Å². The van der Waals surface area contributed by atoms with Crippen molar-refractivity contribution >= 4 is 6.08 Å². The third kappa shape index (κ3) is 6.03. The van der Waals surface area contributed by atoms with Crippen LogP contribution in [0.2, 0.25) is 0 Å². The Labute approximate surface area is 202 Å². The second-order valence-corrected chi connectivity index (χ2v) is 9.03. The lowest BCUT2D eigenvalue weighted by Crippen LogP contribution is -2.16. The predicted octanol–water partition coefficient (Wildman–Crippen LogP) is 6.00. The van der Waals surface area contributed by atoms with Gasteiger partial charge in [0.15, 0.2) is 0 Å². The van der Waals surface area contributed by atoms with Crippen molar-refractivity contribution in [3.8, 4) is 22.4 Å². The highest BCUT2D eigenvalue weighted by molar-refractivity contribution is 5.90. The number of hydrogen-bond donors (Lipinski definition) is 3. The molecular weight excluding hydrogens is 429 g/mol. The van der Waals surface area contributed by atoms with Crippen molar-refractivity contribution in [2.75, 3.05) is 6.61 Å². The number of nitrogens with zero attached hydrogens (tertiary/aromatic N) is 1. The Bertz CT molecular complexity index is 1070. The summed E-state index contributed by atoms with van der Waals surface area (Å²) in [5.41, 5.74) is 6.21. The van der Waals surface area contributed by atoms with Crippen LogP contribution in [0.4, 0.5) is 4.39 Å². The van der Waals surface area contributed by atoms with Crippen LogP contribution in [0.15, 0.2) is 60.7 Å². The van der Waals surface area contributed by atoms with Crippen LogP contribution in [0.25, 0.3) is 28.5 Å². The Morgan fingerprint density at radius 1 is 0.971 bits per heavy atom. The molecule has 0 bridgehead atoms. The first-order valence-electron chi connectivity index (χ1n) is 12.1. The molecule has 3 aromatic rings. The van der Waals surface area contributed by atoms with E-state index >= 15 is 0 Å². The minimum Gasteiger partial charge on any atom is -0.396 e. The molecule has 0 spiro atoms. The molecule has 4 nitrogen and oxygen atoms in total. The van der Waals surface area contributed by atoms with Crippen LogP contribution in [-0.2, 0) is 6.54 Å². The molecule has 0 saturated carbocycles. The quantitative estimate of drug-likeness (QED) is 0.325. The molecule has 0 aliphatic carbocycles. The zero-order chi connectivity index (χ0) is 24.7. The van der Waals surface area contributed by atoms with E-state index in [1.165, 1.54) is 12.1 Å². The van der Waals surface area contributed by atoms with E-state index in [1.54, 1.807) is 18.2 Å². The number of aliphatic hydroxyl groups excluding tert-OH is 3. The van der Waals surface area contributed by atoms with Gasteiger partial charge in [0.05, 0.1) is 17.9 Å². The van der Waals surface area contributed by atoms with Crippen LogP contribution < -0.4 is 0 Å². The lowest BCUT2D eigenvalue weighted by molar-refractivity contribution is 0.0827. The molecule has 0 unspecified atom stereocenters. The molecule has 2 atom stereocenters. The largest absolute Gasteiger partial charge is 0.396 e. The molecule has 3 N–H and O–H groups in total. The Hall–Kier alpha value is -2.73. The number of rotatable bonds is 11. The first-order valence-corrected chi connectivity index (χ1v) is 12.1. The topological polar surface area (TPSA) is 65.6 Å². The maximum Gasteiger partial charge on any atom is 0.123 e. The normalized spacial score (nSPS) is 13.6. The highest BCUT2D eigenvalue weighted by Gasteiger charge is 2.25. The van der Waals surface area contributed by atoms with Gasteiger partial charge in [-0.15, -0.1) is 0 Å². The van der Waals surface area contributed by atoms with Gasteiger partial charge < -0.3 is 19.9 Å². The van der Waals surface area contributed by atoms with Crippen LogP contribution in [0, 0.1) is 5.82 Å². The van der Waals surface area contributed by atoms with Gasteiger partial charge in [-0.3, -0.25) is 0 Å². The van der Waals surface area contributed by atoms with Gasteiger partial charge in [0, 0.05) is 36.4 Å². The summed E-state index contributed by atoms with van der Waals surface area (Å²) >= 11 is 0. The van der Waals surface area contributed by atoms with Crippen molar-refractivity contribution in [1.29, 1.82) is 0 Å². The number of benzene rings is 2. The van der Waals surface area contributed by atoms with Gasteiger partial charge in [0.25, 0.3) is 0 Å². The van der Waals surface area contributed by atoms with Crippen molar-refractivity contribution in [3.05, 3.63) is 77.7 Å². The summed E-state index contributed by atoms with van der Waals surface area (Å²) in [6.07, 6.45) is 3.36. The molecule has 0 fully saturated rings. The van der Waals surface area contributed by atoms with Crippen LogP contribution >= 0.6 is 0 Å². The fourth-order valence-electron chi connectivity index (χ4n) is 4.54. The molecule has 0 aliphatic rings. The number of hydrogen-bond acceptors (Lipinski definition) is 3. The molecule has 5 heteroatoms. The van der Waals surface area contributed by atoms with Crippen LogP contribution in [0.5, 0.6) is 0 Å². The first-order chi connectivity index (χ1) is 16.4. The molecule has 0 radical (unpaired) electrons. The highest BCUT2D eigenvalue weighted by Crippen LogP contribution is 2.43. The molecule has 2 aromatic carbocycles. The SMILES string of the molecule is CCCn1c(-c2ccccc2)c(-c2ccc(F)cc2)c(C=C[C@@H](O)C[C@@H](O)CCO)c1C(C)C. The first kappa shape index (κ1) is 25.9. The van der Waals surface area contributed by atoms with E-state index in [0.717, 1.165) is 46.6 Å². The minimum absolute atomic E-state index is 0.121. The standard InChI is InChI=1S/C29H36FNO3/c1-4-17-31-28(20(2)3)26(15-14-24(33)19-25(34)16-18-32)27(21-10-12-23(30)13-11-21)29(31)22-8-6-5-7-9-22/h5-15,20,24-25,32-34H,4,16-19H2,1-3H3/t24-,25+/m1/s1. The van der Waals surface area contributed by atoms with Gasteiger partial charge in [-0.25, -0.2) is 4.39 Å². The van der Waals surface area contributed by atoms with Gasteiger partial charge >= 0.3 is 0 Å². The smallest absolute Gasteiger partial charge is 0.123 e. The molecule has 182 valence electrons. The van der Waals surface area contributed by atoms with Crippen molar-refractivity contribution < 1.29 is 19.7 Å². The summed E-state index contributed by atoms with van der Waals surface area (Å²) in [5.74, 6) is -0.0764. The fourth-order valence-corrected chi connectivity index (χ4v) is 4.54. The van der Waals surface area contributed by atoms with Crippen LogP contribution in [-0.4, -0.2) is 38.7 Å². The zero-order valence-corrected chi connectivity index (χ0v) is 20.3. The van der Waals surface area contributed by atoms with E-state index in [-0.39, 0.29) is 31.2 Å². The van der Waals surface area contributed by atoms with Crippen molar-refractivity contribution in [3.63, 3.8) is 0 Å². The van der Waals surface area contributed by atoms with E-state index in [2.05, 4.69) is 37.5 Å². The summed E-state index contributed by atoms with van der Waals surface area (Å²) in [6, 6.07) is 16.8. The Morgan fingerprint density at radius 3 is 2.24 bits per heavy atom. The summed E-state index contributed by atoms with van der Waals surface area (Å²) in [4.78, 5) is 0. The third-order valence-corrected chi connectivity index (χ3v) is 5.98. The second kappa shape index (κ2) is 12.1. The molecule has 0 saturated heterocycles.